The third kappa shape index (κ3) is 5.09. The Kier molecular flexibility index (Phi) is 7.34. The van der Waals surface area contributed by atoms with Crippen molar-refractivity contribution in [2.24, 2.45) is 17.6 Å². The average Bonchev–Trinajstić information content (AvgIpc) is 2.38. The number of nitrogens with zero attached hydrogens (tertiary/aromatic N) is 1. The molecule has 0 aromatic heterocycles. The van der Waals surface area contributed by atoms with E-state index in [1.807, 2.05) is 4.90 Å². The fourth-order valence-corrected chi connectivity index (χ4v) is 2.77. The quantitative estimate of drug-likeness (QED) is 0.747. The molecule has 0 saturated heterocycles. The summed E-state index contributed by atoms with van der Waals surface area (Å²) in [6, 6.07) is 0.255. The highest BCUT2D eigenvalue weighted by atomic mass is 16.5. The Morgan fingerprint density at radius 2 is 1.79 bits per heavy atom. The molecule has 1 rings (SSSR count). The number of amides is 1. The second-order valence-electron chi connectivity index (χ2n) is 5.47. The summed E-state index contributed by atoms with van der Waals surface area (Å²) in [7, 11) is 3.31. The highest BCUT2D eigenvalue weighted by Gasteiger charge is 2.33. The first kappa shape index (κ1) is 16.4. The fourth-order valence-electron chi connectivity index (χ4n) is 2.77. The van der Waals surface area contributed by atoms with Gasteiger partial charge >= 0.3 is 0 Å². The smallest absolute Gasteiger partial charge is 0.226 e. The van der Waals surface area contributed by atoms with E-state index < -0.39 is 0 Å². The van der Waals surface area contributed by atoms with Crippen LogP contribution in [0.3, 0.4) is 0 Å². The molecule has 0 aromatic rings. The molecule has 3 unspecified atom stereocenters. The van der Waals surface area contributed by atoms with Gasteiger partial charge in [0, 0.05) is 39.3 Å². The minimum absolute atomic E-state index is 0.105. The molecule has 0 heterocycles. The summed E-state index contributed by atoms with van der Waals surface area (Å²) in [6.45, 7) is 4.53. The van der Waals surface area contributed by atoms with E-state index in [4.69, 9.17) is 15.2 Å². The Balaban J connectivity index is 2.58. The number of rotatable bonds is 7. The maximum atomic E-state index is 12.6. The Morgan fingerprint density at radius 3 is 2.26 bits per heavy atom. The van der Waals surface area contributed by atoms with Gasteiger partial charge in [-0.2, -0.15) is 0 Å². The van der Waals surface area contributed by atoms with E-state index in [1.165, 1.54) is 0 Å². The molecule has 2 N–H and O–H groups in total. The summed E-state index contributed by atoms with van der Waals surface area (Å²) in [6.07, 6.45) is 2.79. The Labute approximate surface area is 116 Å². The summed E-state index contributed by atoms with van der Waals surface area (Å²) in [4.78, 5) is 14.5. The largest absolute Gasteiger partial charge is 0.383 e. The molecule has 1 aliphatic rings. The second-order valence-corrected chi connectivity index (χ2v) is 5.47. The van der Waals surface area contributed by atoms with Gasteiger partial charge in [0.25, 0.3) is 0 Å². The van der Waals surface area contributed by atoms with E-state index in [1.54, 1.807) is 14.2 Å². The third-order valence-electron chi connectivity index (χ3n) is 3.97. The van der Waals surface area contributed by atoms with Gasteiger partial charge in [-0.3, -0.25) is 4.79 Å². The summed E-state index contributed by atoms with van der Waals surface area (Å²) < 4.78 is 10.2. The van der Waals surface area contributed by atoms with Gasteiger partial charge in [0.15, 0.2) is 0 Å². The molecule has 19 heavy (non-hydrogen) atoms. The molecule has 0 aliphatic heterocycles. The zero-order valence-corrected chi connectivity index (χ0v) is 12.4. The lowest BCUT2D eigenvalue weighted by Crippen LogP contribution is -2.45. The summed E-state index contributed by atoms with van der Waals surface area (Å²) in [5.74, 6) is 0.700. The minimum atomic E-state index is 0.105. The molecule has 0 spiro atoms. The molecular weight excluding hydrogens is 244 g/mol. The second kappa shape index (κ2) is 8.51. The molecule has 0 aromatic carbocycles. The van der Waals surface area contributed by atoms with Gasteiger partial charge in [-0.25, -0.2) is 0 Å². The van der Waals surface area contributed by atoms with Gasteiger partial charge in [0.2, 0.25) is 5.91 Å². The molecular formula is C14H28N2O3. The number of nitrogens with two attached hydrogens (primary N) is 1. The summed E-state index contributed by atoms with van der Waals surface area (Å²) in [5, 5.41) is 0. The minimum Gasteiger partial charge on any atom is -0.383 e. The van der Waals surface area contributed by atoms with Crippen LogP contribution in [0.1, 0.15) is 26.2 Å². The van der Waals surface area contributed by atoms with Crippen molar-refractivity contribution in [1.29, 1.82) is 0 Å². The van der Waals surface area contributed by atoms with Crippen LogP contribution in [0.25, 0.3) is 0 Å². The molecule has 0 radical (unpaired) electrons. The maximum Gasteiger partial charge on any atom is 0.226 e. The van der Waals surface area contributed by atoms with E-state index in [9.17, 15) is 4.79 Å². The van der Waals surface area contributed by atoms with Gasteiger partial charge in [-0.15, -0.1) is 0 Å². The van der Waals surface area contributed by atoms with Crippen LogP contribution in [0.5, 0.6) is 0 Å². The molecule has 5 heteroatoms. The number of hydrogen-bond acceptors (Lipinski definition) is 4. The van der Waals surface area contributed by atoms with Crippen LogP contribution in [-0.4, -0.2) is 57.4 Å². The van der Waals surface area contributed by atoms with Gasteiger partial charge in [-0.1, -0.05) is 6.92 Å². The van der Waals surface area contributed by atoms with E-state index >= 15 is 0 Å². The van der Waals surface area contributed by atoms with E-state index in [0.29, 0.717) is 32.2 Å². The van der Waals surface area contributed by atoms with Crippen LogP contribution in [0.15, 0.2) is 0 Å². The van der Waals surface area contributed by atoms with Crippen LogP contribution in [0.4, 0.5) is 0 Å². The molecule has 5 nitrogen and oxygen atoms in total. The van der Waals surface area contributed by atoms with Crippen LogP contribution in [-0.2, 0) is 14.3 Å². The van der Waals surface area contributed by atoms with Crippen LogP contribution < -0.4 is 5.73 Å². The summed E-state index contributed by atoms with van der Waals surface area (Å²) >= 11 is 0. The molecule has 1 amide bonds. The number of carbonyl (C=O) groups is 1. The number of ether oxygens (including phenoxy) is 2. The van der Waals surface area contributed by atoms with Gasteiger partial charge in [0.1, 0.15) is 0 Å². The first-order valence-corrected chi connectivity index (χ1v) is 7.12. The molecule has 1 saturated carbocycles. The normalized spacial score (nSPS) is 27.3. The van der Waals surface area contributed by atoms with Crippen molar-refractivity contribution in [1.82, 2.24) is 4.90 Å². The van der Waals surface area contributed by atoms with Crippen molar-refractivity contribution >= 4 is 5.91 Å². The van der Waals surface area contributed by atoms with Crippen LogP contribution in [0, 0.1) is 11.8 Å². The predicted octanol–water partition coefficient (Wildman–Crippen LogP) is 0.871. The first-order valence-electron chi connectivity index (χ1n) is 7.12. The molecule has 3 atom stereocenters. The van der Waals surface area contributed by atoms with Crippen LogP contribution >= 0.6 is 0 Å². The molecule has 0 bridgehead atoms. The summed E-state index contributed by atoms with van der Waals surface area (Å²) in [5.41, 5.74) is 5.96. The van der Waals surface area contributed by atoms with Gasteiger partial charge in [-0.05, 0) is 25.2 Å². The Bertz CT molecular complexity index is 265. The monoisotopic (exact) mass is 272 g/mol. The van der Waals surface area contributed by atoms with Crippen molar-refractivity contribution < 1.29 is 14.3 Å². The van der Waals surface area contributed by atoms with Crippen molar-refractivity contribution in [2.45, 2.75) is 32.2 Å². The van der Waals surface area contributed by atoms with E-state index in [2.05, 4.69) is 6.92 Å². The highest BCUT2D eigenvalue weighted by Crippen LogP contribution is 2.30. The maximum absolute atomic E-state index is 12.6. The van der Waals surface area contributed by atoms with Gasteiger partial charge < -0.3 is 20.1 Å². The number of hydrogen-bond donors (Lipinski definition) is 1. The lowest BCUT2D eigenvalue weighted by atomic mass is 9.77. The van der Waals surface area contributed by atoms with Crippen LogP contribution in [0.2, 0.25) is 0 Å². The van der Waals surface area contributed by atoms with Crippen molar-refractivity contribution in [3.8, 4) is 0 Å². The van der Waals surface area contributed by atoms with Gasteiger partial charge in [0.05, 0.1) is 13.2 Å². The highest BCUT2D eigenvalue weighted by molar-refractivity contribution is 5.79. The molecule has 1 aliphatic carbocycles. The van der Waals surface area contributed by atoms with Crippen molar-refractivity contribution in [3.05, 3.63) is 0 Å². The first-order chi connectivity index (χ1) is 9.10. The average molecular weight is 272 g/mol. The zero-order chi connectivity index (χ0) is 14.3. The Hall–Kier alpha value is -0.650. The lowest BCUT2D eigenvalue weighted by Gasteiger charge is -2.35. The van der Waals surface area contributed by atoms with Crippen molar-refractivity contribution in [3.63, 3.8) is 0 Å². The fraction of sp³-hybridized carbons (Fsp3) is 0.929. The molecule has 112 valence electrons. The number of methoxy groups -OCH3 is 2. The van der Waals surface area contributed by atoms with E-state index in [-0.39, 0.29) is 17.9 Å². The number of carbonyl (C=O) groups excluding carboxylic acids is 1. The zero-order valence-electron chi connectivity index (χ0n) is 12.4. The lowest BCUT2D eigenvalue weighted by molar-refractivity contribution is -0.139. The van der Waals surface area contributed by atoms with E-state index in [0.717, 1.165) is 19.3 Å². The Morgan fingerprint density at radius 1 is 1.21 bits per heavy atom. The third-order valence-corrected chi connectivity index (χ3v) is 3.97. The predicted molar refractivity (Wildman–Crippen MR) is 74.8 cm³/mol. The molecule has 1 fully saturated rings. The standard InChI is InChI=1S/C14H28N2O3/c1-11-10-12(15)4-5-13(11)14(17)16(6-8-18-2)7-9-19-3/h11-13H,4-10,15H2,1-3H3. The van der Waals surface area contributed by atoms with Crippen molar-refractivity contribution in [2.75, 3.05) is 40.5 Å². The SMILES string of the molecule is COCCN(CCOC)C(=O)C1CCC(N)CC1C. The topological polar surface area (TPSA) is 64.8 Å².